The summed E-state index contributed by atoms with van der Waals surface area (Å²) in [4.78, 5) is 0. The van der Waals surface area contributed by atoms with Crippen LogP contribution in [0.15, 0.2) is 55.1 Å². The van der Waals surface area contributed by atoms with E-state index >= 15 is 0 Å². The lowest BCUT2D eigenvalue weighted by Crippen LogP contribution is -1.81. The highest BCUT2D eigenvalue weighted by molar-refractivity contribution is 5.75. The van der Waals surface area contributed by atoms with Gasteiger partial charge in [0.2, 0.25) is 0 Å². The molecule has 0 N–H and O–H groups in total. The molecule has 0 aliphatic rings. The van der Waals surface area contributed by atoms with E-state index in [1.165, 1.54) is 16.7 Å². The van der Waals surface area contributed by atoms with Crippen LogP contribution in [-0.2, 0) is 0 Å². The maximum atomic E-state index is 3.74. The first-order valence-electron chi connectivity index (χ1n) is 5.34. The Balaban J connectivity index is 2.99. The molecule has 0 radical (unpaired) electrons. The van der Waals surface area contributed by atoms with Crippen LogP contribution in [0, 0.1) is 6.92 Å². The van der Waals surface area contributed by atoms with Crippen molar-refractivity contribution >= 4 is 5.57 Å². The van der Waals surface area contributed by atoms with E-state index in [2.05, 4.69) is 56.8 Å². The Bertz CT molecular complexity index is 364. The summed E-state index contributed by atoms with van der Waals surface area (Å²) in [7, 11) is 0. The Hall–Kier alpha value is -1.56. The van der Waals surface area contributed by atoms with Gasteiger partial charge in [0.25, 0.3) is 0 Å². The van der Waals surface area contributed by atoms with Crippen molar-refractivity contribution in [3.8, 4) is 0 Å². The van der Waals surface area contributed by atoms with Gasteiger partial charge in [0, 0.05) is 0 Å². The molecule has 1 aromatic carbocycles. The summed E-state index contributed by atoms with van der Waals surface area (Å²) in [5, 5.41) is 0. The zero-order valence-electron chi connectivity index (χ0n) is 9.53. The van der Waals surface area contributed by atoms with Gasteiger partial charge in [0.15, 0.2) is 0 Å². The van der Waals surface area contributed by atoms with Crippen LogP contribution >= 0.6 is 0 Å². The smallest absolute Gasteiger partial charge is 0.0184 e. The number of allylic oxidation sites excluding steroid dienone is 5. The Kier molecular flexibility index (Phi) is 4.62. The lowest BCUT2D eigenvalue weighted by atomic mass is 10.0. The molecule has 0 bridgehead atoms. The zero-order chi connectivity index (χ0) is 11.1. The van der Waals surface area contributed by atoms with E-state index < -0.39 is 0 Å². The third kappa shape index (κ3) is 3.59. The fourth-order valence-electron chi connectivity index (χ4n) is 1.37. The van der Waals surface area contributed by atoms with Crippen molar-refractivity contribution in [3.05, 3.63) is 66.3 Å². The Labute approximate surface area is 92.6 Å². The molecule has 0 fully saturated rings. The Morgan fingerprint density at radius 2 is 1.93 bits per heavy atom. The predicted octanol–water partition coefficient (Wildman–Crippen LogP) is 4.53. The van der Waals surface area contributed by atoms with E-state index in [9.17, 15) is 0 Å². The van der Waals surface area contributed by atoms with Crippen molar-refractivity contribution in [3.63, 3.8) is 0 Å². The average Bonchev–Trinajstić information content (AvgIpc) is 2.25. The number of aryl methyl sites for hydroxylation is 1. The van der Waals surface area contributed by atoms with Gasteiger partial charge in [-0.1, -0.05) is 67.6 Å². The lowest BCUT2D eigenvalue weighted by Gasteiger charge is -2.02. The standard InChI is InChI=1S/C15H18/c1-4-6-8-14(7-5-2)15-11-9-13(3)10-12-15/h5-12H,2,4H2,1,3H3/b8-6-,14-7+. The van der Waals surface area contributed by atoms with E-state index in [1.807, 2.05) is 12.2 Å². The molecule has 0 nitrogen and oxygen atoms in total. The SMILES string of the molecule is C=C/C=C(\C=C/CC)c1ccc(C)cc1. The quantitative estimate of drug-likeness (QED) is 0.623. The predicted molar refractivity (Wildman–Crippen MR) is 68.8 cm³/mol. The van der Waals surface area contributed by atoms with E-state index in [1.54, 1.807) is 0 Å². The third-order valence-corrected chi connectivity index (χ3v) is 2.22. The van der Waals surface area contributed by atoms with Crippen molar-refractivity contribution < 1.29 is 0 Å². The van der Waals surface area contributed by atoms with Gasteiger partial charge in [-0.05, 0) is 24.5 Å². The van der Waals surface area contributed by atoms with Crippen LogP contribution in [0.4, 0.5) is 0 Å². The molecule has 1 aromatic rings. The molecule has 0 aliphatic carbocycles. The molecule has 0 amide bonds. The molecular formula is C15H18. The molecule has 1 rings (SSSR count). The molecular weight excluding hydrogens is 180 g/mol. The van der Waals surface area contributed by atoms with Gasteiger partial charge < -0.3 is 0 Å². The van der Waals surface area contributed by atoms with Crippen molar-refractivity contribution in [2.75, 3.05) is 0 Å². The van der Waals surface area contributed by atoms with Gasteiger partial charge in [-0.2, -0.15) is 0 Å². The van der Waals surface area contributed by atoms with E-state index in [4.69, 9.17) is 0 Å². The number of hydrogen-bond donors (Lipinski definition) is 0. The van der Waals surface area contributed by atoms with Gasteiger partial charge in [-0.3, -0.25) is 0 Å². The van der Waals surface area contributed by atoms with Gasteiger partial charge in [-0.15, -0.1) is 0 Å². The van der Waals surface area contributed by atoms with Crippen molar-refractivity contribution in [1.82, 2.24) is 0 Å². The fourth-order valence-corrected chi connectivity index (χ4v) is 1.37. The Morgan fingerprint density at radius 3 is 2.47 bits per heavy atom. The molecule has 0 heterocycles. The first-order valence-corrected chi connectivity index (χ1v) is 5.34. The summed E-state index contributed by atoms with van der Waals surface area (Å²) in [5.74, 6) is 0. The Morgan fingerprint density at radius 1 is 1.27 bits per heavy atom. The normalized spacial score (nSPS) is 12.0. The second-order valence-electron chi connectivity index (χ2n) is 3.53. The maximum absolute atomic E-state index is 3.74. The van der Waals surface area contributed by atoms with E-state index in [0.29, 0.717) is 0 Å². The molecule has 0 unspecified atom stereocenters. The summed E-state index contributed by atoms with van der Waals surface area (Å²) in [6.45, 7) is 7.98. The van der Waals surface area contributed by atoms with E-state index in [-0.39, 0.29) is 0 Å². The minimum absolute atomic E-state index is 1.06. The maximum Gasteiger partial charge on any atom is -0.0184 e. The molecule has 0 spiro atoms. The fraction of sp³-hybridized carbons (Fsp3) is 0.200. The van der Waals surface area contributed by atoms with Gasteiger partial charge in [0.05, 0.1) is 0 Å². The van der Waals surface area contributed by atoms with Crippen LogP contribution in [0.5, 0.6) is 0 Å². The molecule has 0 aliphatic heterocycles. The largest absolute Gasteiger partial charge is 0.0990 e. The summed E-state index contributed by atoms with van der Waals surface area (Å²) in [5.41, 5.74) is 3.74. The van der Waals surface area contributed by atoms with E-state index in [0.717, 1.165) is 6.42 Å². The molecule has 0 atom stereocenters. The first-order chi connectivity index (χ1) is 7.27. The van der Waals surface area contributed by atoms with Crippen LogP contribution in [0.25, 0.3) is 5.57 Å². The first kappa shape index (κ1) is 11.5. The number of hydrogen-bond acceptors (Lipinski definition) is 0. The molecule has 0 saturated heterocycles. The number of benzene rings is 1. The third-order valence-electron chi connectivity index (χ3n) is 2.22. The molecule has 0 heteroatoms. The van der Waals surface area contributed by atoms with Crippen LogP contribution < -0.4 is 0 Å². The molecule has 0 saturated carbocycles. The number of rotatable bonds is 4. The van der Waals surface area contributed by atoms with Gasteiger partial charge >= 0.3 is 0 Å². The van der Waals surface area contributed by atoms with Crippen LogP contribution in [0.3, 0.4) is 0 Å². The minimum Gasteiger partial charge on any atom is -0.0990 e. The van der Waals surface area contributed by atoms with Crippen LogP contribution in [0.2, 0.25) is 0 Å². The summed E-state index contributed by atoms with van der Waals surface area (Å²) >= 11 is 0. The highest BCUT2D eigenvalue weighted by Gasteiger charge is 1.95. The highest BCUT2D eigenvalue weighted by Crippen LogP contribution is 2.16. The molecule has 78 valence electrons. The highest BCUT2D eigenvalue weighted by atomic mass is 14.0. The molecule has 0 aromatic heterocycles. The van der Waals surface area contributed by atoms with Crippen molar-refractivity contribution in [2.45, 2.75) is 20.3 Å². The van der Waals surface area contributed by atoms with Gasteiger partial charge in [0.1, 0.15) is 0 Å². The summed E-state index contributed by atoms with van der Waals surface area (Å²) in [6, 6.07) is 8.55. The topological polar surface area (TPSA) is 0 Å². The summed E-state index contributed by atoms with van der Waals surface area (Å²) < 4.78 is 0. The summed E-state index contributed by atoms with van der Waals surface area (Å²) in [6.07, 6.45) is 9.23. The van der Waals surface area contributed by atoms with Crippen LogP contribution in [-0.4, -0.2) is 0 Å². The monoisotopic (exact) mass is 198 g/mol. The second kappa shape index (κ2) is 6.02. The molecule has 15 heavy (non-hydrogen) atoms. The van der Waals surface area contributed by atoms with Crippen molar-refractivity contribution in [2.24, 2.45) is 0 Å². The average molecular weight is 198 g/mol. The van der Waals surface area contributed by atoms with Crippen LogP contribution in [0.1, 0.15) is 24.5 Å². The lowest BCUT2D eigenvalue weighted by molar-refractivity contribution is 1.22. The zero-order valence-corrected chi connectivity index (χ0v) is 9.53. The van der Waals surface area contributed by atoms with Gasteiger partial charge in [-0.25, -0.2) is 0 Å². The van der Waals surface area contributed by atoms with Crippen molar-refractivity contribution in [1.29, 1.82) is 0 Å². The minimum atomic E-state index is 1.06. The second-order valence-corrected chi connectivity index (χ2v) is 3.53.